The number of pyridine rings is 1. The average Bonchev–Trinajstić information content (AvgIpc) is 2.46. The van der Waals surface area contributed by atoms with E-state index in [0.29, 0.717) is 11.6 Å². The topological polar surface area (TPSA) is 50.3 Å². The summed E-state index contributed by atoms with van der Waals surface area (Å²) in [4.78, 5) is 3.98. The Morgan fingerprint density at radius 1 is 1.25 bits per heavy atom. The lowest BCUT2D eigenvalue weighted by Crippen LogP contribution is -2.27. The molecule has 0 aliphatic heterocycles. The highest BCUT2D eigenvalue weighted by molar-refractivity contribution is 7.92. The van der Waals surface area contributed by atoms with E-state index in [1.54, 1.807) is 12.1 Å². The van der Waals surface area contributed by atoms with Crippen LogP contribution in [0.1, 0.15) is 11.1 Å². The van der Waals surface area contributed by atoms with Gasteiger partial charge in [0, 0.05) is 19.1 Å². The minimum atomic E-state index is -3.65. The first-order chi connectivity index (χ1) is 9.45. The molecule has 2 aromatic rings. The minimum absolute atomic E-state index is 0.00960. The molecule has 4 nitrogen and oxygen atoms in total. The van der Waals surface area contributed by atoms with Crippen LogP contribution in [0.5, 0.6) is 0 Å². The predicted molar refractivity (Wildman–Crippen MR) is 80.6 cm³/mol. The first kappa shape index (κ1) is 14.8. The molecule has 0 fully saturated rings. The summed E-state index contributed by atoms with van der Waals surface area (Å²) in [6.07, 6.45) is 1.48. The summed E-state index contributed by atoms with van der Waals surface area (Å²) in [5.41, 5.74) is 2.38. The summed E-state index contributed by atoms with van der Waals surface area (Å²) < 4.78 is 26.2. The normalized spacial score (nSPS) is 11.3. The third kappa shape index (κ3) is 2.94. The molecular weight excluding hydrogens is 296 g/mol. The largest absolute Gasteiger partial charge is 0.281 e. The molecule has 0 N–H and O–H groups in total. The van der Waals surface area contributed by atoms with Crippen LogP contribution in [-0.2, 0) is 15.9 Å². The van der Waals surface area contributed by atoms with E-state index in [4.69, 9.17) is 11.6 Å². The highest BCUT2D eigenvalue weighted by Gasteiger charge is 2.22. The zero-order chi connectivity index (χ0) is 14.8. The molecule has 1 aromatic heterocycles. The number of sulfonamides is 1. The molecule has 20 heavy (non-hydrogen) atoms. The number of anilines is 1. The number of nitrogens with zero attached hydrogens (tertiary/aromatic N) is 2. The SMILES string of the molecule is Cc1cccc(N(C)S(=O)(=O)c2ccc(CCl)cn2)c1. The monoisotopic (exact) mass is 310 g/mol. The Labute approximate surface area is 124 Å². The molecule has 0 unspecified atom stereocenters. The van der Waals surface area contributed by atoms with Gasteiger partial charge in [0.05, 0.1) is 5.69 Å². The molecule has 106 valence electrons. The number of aromatic nitrogens is 1. The van der Waals surface area contributed by atoms with E-state index in [9.17, 15) is 8.42 Å². The third-order valence-corrected chi connectivity index (χ3v) is 4.95. The van der Waals surface area contributed by atoms with Crippen molar-refractivity contribution in [1.82, 2.24) is 4.98 Å². The molecule has 2 rings (SSSR count). The van der Waals surface area contributed by atoms with Gasteiger partial charge in [0.25, 0.3) is 10.0 Å². The van der Waals surface area contributed by atoms with Crippen LogP contribution >= 0.6 is 11.6 Å². The molecule has 0 saturated carbocycles. The minimum Gasteiger partial charge on any atom is -0.268 e. The number of hydrogen-bond acceptors (Lipinski definition) is 3. The van der Waals surface area contributed by atoms with E-state index in [2.05, 4.69) is 4.98 Å². The maximum atomic E-state index is 12.5. The fourth-order valence-corrected chi connectivity index (χ4v) is 3.00. The first-order valence-corrected chi connectivity index (χ1v) is 7.99. The molecule has 1 aromatic carbocycles. The Balaban J connectivity index is 2.38. The molecule has 0 aliphatic rings. The second kappa shape index (κ2) is 5.81. The molecule has 0 atom stereocenters. The zero-order valence-corrected chi connectivity index (χ0v) is 12.8. The van der Waals surface area contributed by atoms with Crippen LogP contribution in [0.3, 0.4) is 0 Å². The zero-order valence-electron chi connectivity index (χ0n) is 11.2. The first-order valence-electron chi connectivity index (χ1n) is 6.01. The maximum Gasteiger partial charge on any atom is 0.281 e. The van der Waals surface area contributed by atoms with Crippen LogP contribution in [0.4, 0.5) is 5.69 Å². The highest BCUT2D eigenvalue weighted by Crippen LogP contribution is 2.21. The molecule has 6 heteroatoms. The van der Waals surface area contributed by atoms with E-state index >= 15 is 0 Å². The van der Waals surface area contributed by atoms with E-state index in [-0.39, 0.29) is 5.03 Å². The molecular formula is C14H15ClN2O2S. The van der Waals surface area contributed by atoms with Gasteiger partial charge in [-0.15, -0.1) is 11.6 Å². The lowest BCUT2D eigenvalue weighted by Gasteiger charge is -2.19. The van der Waals surface area contributed by atoms with Crippen LogP contribution in [0, 0.1) is 6.92 Å². The fraction of sp³-hybridized carbons (Fsp3) is 0.214. The fourth-order valence-electron chi connectivity index (χ4n) is 1.75. The summed E-state index contributed by atoms with van der Waals surface area (Å²) in [5, 5.41) is 0.00960. The van der Waals surface area contributed by atoms with Gasteiger partial charge in [0.1, 0.15) is 0 Å². The van der Waals surface area contributed by atoms with E-state index < -0.39 is 10.0 Å². The van der Waals surface area contributed by atoms with Gasteiger partial charge in [-0.2, -0.15) is 8.42 Å². The molecule has 0 saturated heterocycles. The van der Waals surface area contributed by atoms with Gasteiger partial charge in [0.2, 0.25) is 0 Å². The maximum absolute atomic E-state index is 12.5. The summed E-state index contributed by atoms with van der Waals surface area (Å²) in [7, 11) is -2.14. The number of alkyl halides is 1. The van der Waals surface area contributed by atoms with Gasteiger partial charge in [-0.25, -0.2) is 4.98 Å². The molecule has 1 heterocycles. The molecule has 0 radical (unpaired) electrons. The van der Waals surface area contributed by atoms with Crippen molar-refractivity contribution >= 4 is 27.3 Å². The van der Waals surface area contributed by atoms with Crippen LogP contribution in [0.2, 0.25) is 0 Å². The Kier molecular flexibility index (Phi) is 4.30. The third-order valence-electron chi connectivity index (χ3n) is 2.94. The number of benzene rings is 1. The number of rotatable bonds is 4. The second-order valence-corrected chi connectivity index (χ2v) is 6.63. The summed E-state index contributed by atoms with van der Waals surface area (Å²) in [5.74, 6) is 0.307. The summed E-state index contributed by atoms with van der Waals surface area (Å²) in [6, 6.07) is 10.4. The van der Waals surface area contributed by atoms with Crippen molar-refractivity contribution in [1.29, 1.82) is 0 Å². The van der Waals surface area contributed by atoms with Crippen LogP contribution in [-0.4, -0.2) is 20.4 Å². The van der Waals surface area contributed by atoms with Gasteiger partial charge in [0.15, 0.2) is 5.03 Å². The van der Waals surface area contributed by atoms with Crippen molar-refractivity contribution in [3.8, 4) is 0 Å². The smallest absolute Gasteiger partial charge is 0.268 e. The molecule has 0 aliphatic carbocycles. The Bertz CT molecular complexity index is 699. The number of aryl methyl sites for hydroxylation is 1. The Morgan fingerprint density at radius 3 is 2.55 bits per heavy atom. The van der Waals surface area contributed by atoms with E-state index in [1.807, 2.05) is 25.1 Å². The lowest BCUT2D eigenvalue weighted by molar-refractivity contribution is 0.590. The van der Waals surface area contributed by atoms with Crippen molar-refractivity contribution in [3.05, 3.63) is 53.7 Å². The number of hydrogen-bond donors (Lipinski definition) is 0. The van der Waals surface area contributed by atoms with Crippen LogP contribution in [0.25, 0.3) is 0 Å². The van der Waals surface area contributed by atoms with Gasteiger partial charge in [-0.3, -0.25) is 4.31 Å². The second-order valence-electron chi connectivity index (χ2n) is 4.45. The summed E-state index contributed by atoms with van der Waals surface area (Å²) in [6.45, 7) is 1.91. The average molecular weight is 311 g/mol. The molecule has 0 amide bonds. The molecule has 0 spiro atoms. The Morgan fingerprint density at radius 2 is 2.00 bits per heavy atom. The van der Waals surface area contributed by atoms with Gasteiger partial charge in [-0.1, -0.05) is 18.2 Å². The van der Waals surface area contributed by atoms with Crippen molar-refractivity contribution in [3.63, 3.8) is 0 Å². The van der Waals surface area contributed by atoms with Crippen molar-refractivity contribution in [2.45, 2.75) is 17.8 Å². The predicted octanol–water partition coefficient (Wildman–Crippen LogP) is 2.95. The van der Waals surface area contributed by atoms with Crippen molar-refractivity contribution in [2.24, 2.45) is 0 Å². The lowest BCUT2D eigenvalue weighted by atomic mass is 10.2. The molecule has 0 bridgehead atoms. The Hall–Kier alpha value is -1.59. The standard InChI is InChI=1S/C14H15ClN2O2S/c1-11-4-3-5-13(8-11)17(2)20(18,19)14-7-6-12(9-15)10-16-14/h3-8,10H,9H2,1-2H3. The van der Waals surface area contributed by atoms with Crippen molar-refractivity contribution in [2.75, 3.05) is 11.4 Å². The van der Waals surface area contributed by atoms with E-state index in [0.717, 1.165) is 11.1 Å². The quantitative estimate of drug-likeness (QED) is 0.816. The summed E-state index contributed by atoms with van der Waals surface area (Å²) >= 11 is 5.67. The van der Waals surface area contributed by atoms with Gasteiger partial charge < -0.3 is 0 Å². The van der Waals surface area contributed by atoms with Crippen LogP contribution in [0.15, 0.2) is 47.6 Å². The highest BCUT2D eigenvalue weighted by atomic mass is 35.5. The number of halogens is 1. The van der Waals surface area contributed by atoms with Crippen molar-refractivity contribution < 1.29 is 8.42 Å². The van der Waals surface area contributed by atoms with Crippen LogP contribution < -0.4 is 4.31 Å². The van der Waals surface area contributed by atoms with E-state index in [1.165, 1.54) is 23.6 Å². The van der Waals surface area contributed by atoms with Gasteiger partial charge >= 0.3 is 0 Å². The van der Waals surface area contributed by atoms with Gasteiger partial charge in [-0.05, 0) is 36.2 Å².